The van der Waals surface area contributed by atoms with E-state index in [0.717, 1.165) is 24.3 Å². The second-order valence-corrected chi connectivity index (χ2v) is 8.33. The van der Waals surface area contributed by atoms with Crippen LogP contribution in [0.15, 0.2) is 70.2 Å². The fourth-order valence-electron chi connectivity index (χ4n) is 2.58. The molecule has 8 nitrogen and oxygen atoms in total. The molecule has 0 saturated heterocycles. The van der Waals surface area contributed by atoms with Gasteiger partial charge in [0, 0.05) is 0 Å². The number of carbonyl (C=O) groups excluding carboxylic acids is 2. The van der Waals surface area contributed by atoms with Gasteiger partial charge in [-0.2, -0.15) is 0 Å². The highest BCUT2D eigenvalue weighted by Crippen LogP contribution is 2.19. The van der Waals surface area contributed by atoms with Crippen molar-refractivity contribution in [2.24, 2.45) is 0 Å². The van der Waals surface area contributed by atoms with Crippen molar-refractivity contribution in [3.8, 4) is 0 Å². The topological polar surface area (TPSA) is 115 Å². The minimum atomic E-state index is -3.97. The number of ether oxygens (including phenoxy) is 1. The lowest BCUT2D eigenvalue weighted by Crippen LogP contribution is -2.30. The lowest BCUT2D eigenvalue weighted by Gasteiger charge is -2.14. The first-order chi connectivity index (χ1) is 15.2. The number of halogens is 2. The van der Waals surface area contributed by atoms with E-state index in [9.17, 15) is 26.8 Å². The molecule has 0 radical (unpaired) electrons. The maximum atomic E-state index is 13.7. The molecule has 32 heavy (non-hydrogen) atoms. The molecule has 1 unspecified atom stereocenters. The molecule has 0 fully saturated rings. The van der Waals surface area contributed by atoms with Crippen LogP contribution in [0.1, 0.15) is 23.0 Å². The van der Waals surface area contributed by atoms with E-state index in [1.807, 2.05) is 5.32 Å². The van der Waals surface area contributed by atoms with Crippen molar-refractivity contribution in [2.75, 3.05) is 5.32 Å². The van der Waals surface area contributed by atoms with Crippen molar-refractivity contribution in [1.82, 2.24) is 4.72 Å². The smallest absolute Gasteiger partial charge is 0.338 e. The number of sulfonamides is 1. The van der Waals surface area contributed by atoms with Gasteiger partial charge in [-0.05, 0) is 49.4 Å². The molecular formula is C21H18F2N2O6S. The number of para-hydroxylation sites is 1. The summed E-state index contributed by atoms with van der Waals surface area (Å²) < 4.78 is 64.7. The summed E-state index contributed by atoms with van der Waals surface area (Å²) >= 11 is 0. The second kappa shape index (κ2) is 9.71. The van der Waals surface area contributed by atoms with Gasteiger partial charge in [0.15, 0.2) is 6.10 Å². The lowest BCUT2D eigenvalue weighted by molar-refractivity contribution is -0.123. The summed E-state index contributed by atoms with van der Waals surface area (Å²) in [5.74, 6) is -3.54. The molecule has 3 aromatic rings. The Kier molecular flexibility index (Phi) is 7.01. The van der Waals surface area contributed by atoms with Gasteiger partial charge in [0.05, 0.1) is 23.3 Å². The van der Waals surface area contributed by atoms with E-state index in [4.69, 9.17) is 9.15 Å². The molecule has 1 heterocycles. The van der Waals surface area contributed by atoms with Crippen LogP contribution in [-0.2, 0) is 26.1 Å². The van der Waals surface area contributed by atoms with Crippen LogP contribution in [0.25, 0.3) is 0 Å². The van der Waals surface area contributed by atoms with Crippen LogP contribution in [0.3, 0.4) is 0 Å². The van der Waals surface area contributed by atoms with E-state index in [2.05, 4.69) is 4.72 Å². The van der Waals surface area contributed by atoms with Crippen LogP contribution in [0, 0.1) is 11.6 Å². The quantitative estimate of drug-likeness (QED) is 0.495. The second-order valence-electron chi connectivity index (χ2n) is 6.57. The fraction of sp³-hybridized carbons (Fsp3) is 0.143. The molecule has 1 amide bonds. The first-order valence-corrected chi connectivity index (χ1v) is 10.7. The van der Waals surface area contributed by atoms with Crippen LogP contribution in [0.4, 0.5) is 14.5 Å². The molecule has 2 N–H and O–H groups in total. The first-order valence-electron chi connectivity index (χ1n) is 9.25. The highest BCUT2D eigenvalue weighted by Gasteiger charge is 2.23. The first kappa shape index (κ1) is 23.1. The van der Waals surface area contributed by atoms with Crippen LogP contribution in [0.5, 0.6) is 0 Å². The Balaban J connectivity index is 1.66. The number of anilines is 1. The highest BCUT2D eigenvalue weighted by atomic mass is 32.2. The summed E-state index contributed by atoms with van der Waals surface area (Å²) in [6.45, 7) is 1.12. The molecule has 0 aliphatic rings. The summed E-state index contributed by atoms with van der Waals surface area (Å²) in [4.78, 5) is 24.4. The Morgan fingerprint density at radius 3 is 2.41 bits per heavy atom. The average molecular weight is 464 g/mol. The molecule has 0 spiro atoms. The maximum absolute atomic E-state index is 13.7. The molecule has 0 aliphatic heterocycles. The summed E-state index contributed by atoms with van der Waals surface area (Å²) in [6.07, 6.45) is -0.0168. The number of benzene rings is 2. The van der Waals surface area contributed by atoms with Crippen LogP contribution in [0.2, 0.25) is 0 Å². The molecular weight excluding hydrogens is 446 g/mol. The fourth-order valence-corrected chi connectivity index (χ4v) is 3.62. The van der Waals surface area contributed by atoms with Gasteiger partial charge in [-0.15, -0.1) is 0 Å². The Morgan fingerprint density at radius 2 is 1.75 bits per heavy atom. The summed E-state index contributed by atoms with van der Waals surface area (Å²) in [5, 5.41) is 2.02. The average Bonchev–Trinajstić information content (AvgIpc) is 3.29. The van der Waals surface area contributed by atoms with Gasteiger partial charge >= 0.3 is 5.97 Å². The van der Waals surface area contributed by atoms with Gasteiger partial charge < -0.3 is 14.5 Å². The zero-order valence-electron chi connectivity index (χ0n) is 16.7. The third-order valence-corrected chi connectivity index (χ3v) is 5.66. The third-order valence-electron chi connectivity index (χ3n) is 4.26. The molecule has 0 saturated carbocycles. The van der Waals surface area contributed by atoms with Crippen LogP contribution >= 0.6 is 0 Å². The molecule has 1 aromatic heterocycles. The van der Waals surface area contributed by atoms with Crippen molar-refractivity contribution in [1.29, 1.82) is 0 Å². The number of rotatable bonds is 8. The largest absolute Gasteiger partial charge is 0.468 e. The van der Waals surface area contributed by atoms with Crippen molar-refractivity contribution in [3.05, 3.63) is 83.8 Å². The van der Waals surface area contributed by atoms with Crippen molar-refractivity contribution >= 4 is 27.6 Å². The van der Waals surface area contributed by atoms with Gasteiger partial charge in [0.1, 0.15) is 23.1 Å². The van der Waals surface area contributed by atoms with Crippen molar-refractivity contribution in [3.63, 3.8) is 0 Å². The number of hydrogen-bond acceptors (Lipinski definition) is 6. The Morgan fingerprint density at radius 1 is 1.06 bits per heavy atom. The van der Waals surface area contributed by atoms with E-state index < -0.39 is 45.3 Å². The molecule has 0 aliphatic carbocycles. The molecule has 1 atom stereocenters. The summed E-state index contributed by atoms with van der Waals surface area (Å²) in [5.41, 5.74) is -0.807. The SMILES string of the molecule is CC(OC(=O)c1cccc(S(=O)(=O)NCc2ccco2)c1)C(=O)Nc1c(F)cccc1F. The van der Waals surface area contributed by atoms with E-state index >= 15 is 0 Å². The van der Waals surface area contributed by atoms with Gasteiger partial charge in [-0.1, -0.05) is 12.1 Å². The zero-order chi connectivity index (χ0) is 23.3. The maximum Gasteiger partial charge on any atom is 0.338 e. The predicted molar refractivity (Wildman–Crippen MR) is 109 cm³/mol. The number of furan rings is 1. The number of carbonyl (C=O) groups is 2. The van der Waals surface area contributed by atoms with E-state index in [1.165, 1.54) is 31.4 Å². The number of amides is 1. The highest BCUT2D eigenvalue weighted by molar-refractivity contribution is 7.89. The Labute approximate surface area is 182 Å². The standard InChI is InChI=1S/C21H18F2N2O6S/c1-13(20(26)25-19-17(22)8-3-9-18(19)23)31-21(27)14-5-2-7-16(11-14)32(28,29)24-12-15-6-4-10-30-15/h2-11,13,24H,12H2,1H3,(H,25,26). The Hall–Kier alpha value is -3.57. The Bertz CT molecular complexity index is 1210. The molecule has 0 bridgehead atoms. The minimum absolute atomic E-state index is 0.0895. The number of hydrogen-bond donors (Lipinski definition) is 2. The van der Waals surface area contributed by atoms with Gasteiger partial charge in [-0.3, -0.25) is 4.79 Å². The summed E-state index contributed by atoms with van der Waals surface area (Å²) in [7, 11) is -3.97. The number of esters is 1. The summed E-state index contributed by atoms with van der Waals surface area (Å²) in [6, 6.07) is 11.2. The van der Waals surface area contributed by atoms with Gasteiger partial charge in [0.2, 0.25) is 10.0 Å². The predicted octanol–water partition coefficient (Wildman–Crippen LogP) is 3.22. The monoisotopic (exact) mass is 464 g/mol. The van der Waals surface area contributed by atoms with Gasteiger partial charge in [-0.25, -0.2) is 26.7 Å². The normalized spacial score (nSPS) is 12.2. The lowest BCUT2D eigenvalue weighted by atomic mass is 10.2. The third kappa shape index (κ3) is 5.56. The molecule has 11 heteroatoms. The van der Waals surface area contributed by atoms with E-state index in [0.29, 0.717) is 5.76 Å². The van der Waals surface area contributed by atoms with Crippen molar-refractivity contribution in [2.45, 2.75) is 24.5 Å². The van der Waals surface area contributed by atoms with E-state index in [-0.39, 0.29) is 17.0 Å². The van der Waals surface area contributed by atoms with Gasteiger partial charge in [0.25, 0.3) is 5.91 Å². The minimum Gasteiger partial charge on any atom is -0.468 e. The van der Waals surface area contributed by atoms with Crippen LogP contribution in [-0.4, -0.2) is 26.4 Å². The molecule has 3 rings (SSSR count). The number of nitrogens with one attached hydrogen (secondary N) is 2. The van der Waals surface area contributed by atoms with E-state index in [1.54, 1.807) is 12.1 Å². The zero-order valence-corrected chi connectivity index (χ0v) is 17.5. The van der Waals surface area contributed by atoms with Crippen molar-refractivity contribution < 1.29 is 35.9 Å². The molecule has 2 aromatic carbocycles. The van der Waals surface area contributed by atoms with Crippen LogP contribution < -0.4 is 10.0 Å². The molecule has 168 valence electrons.